The van der Waals surface area contributed by atoms with Gasteiger partial charge in [-0.25, -0.2) is 9.78 Å². The minimum Gasteiger partial charge on any atom is -0.311 e. The van der Waals surface area contributed by atoms with E-state index in [1.165, 1.54) is 16.8 Å². The molecule has 0 aliphatic rings. The first-order chi connectivity index (χ1) is 9.15. The predicted octanol–water partition coefficient (Wildman–Crippen LogP) is -0.0396. The Morgan fingerprint density at radius 1 is 1.32 bits per heavy atom. The van der Waals surface area contributed by atoms with E-state index in [1.54, 1.807) is 24.4 Å². The van der Waals surface area contributed by atoms with Gasteiger partial charge in [-0.15, -0.1) is 0 Å². The topological polar surface area (TPSA) is 96.9 Å². The third-order valence-electron chi connectivity index (χ3n) is 2.41. The molecule has 0 aliphatic heterocycles. The van der Waals surface area contributed by atoms with Gasteiger partial charge in [0.1, 0.15) is 5.82 Å². The molecule has 0 unspecified atom stereocenters. The maximum atomic E-state index is 11.6. The number of hydrogen-bond acceptors (Lipinski definition) is 4. The van der Waals surface area contributed by atoms with Crippen molar-refractivity contribution in [2.75, 3.05) is 5.32 Å². The number of aromatic nitrogens is 3. The van der Waals surface area contributed by atoms with Gasteiger partial charge in [-0.1, -0.05) is 6.07 Å². The number of amides is 1. The van der Waals surface area contributed by atoms with Gasteiger partial charge in [0, 0.05) is 31.4 Å². The van der Waals surface area contributed by atoms with Gasteiger partial charge in [0.15, 0.2) is 0 Å². The summed E-state index contributed by atoms with van der Waals surface area (Å²) in [5, 5.41) is 2.61. The Labute approximate surface area is 107 Å². The third kappa shape index (κ3) is 3.63. The second-order valence-electron chi connectivity index (χ2n) is 3.82. The monoisotopic (exact) mass is 260 g/mol. The number of rotatable bonds is 4. The second-order valence-corrected chi connectivity index (χ2v) is 3.82. The lowest BCUT2D eigenvalue weighted by Crippen LogP contribution is -2.29. The molecule has 2 rings (SSSR count). The molecule has 1 amide bonds. The molecule has 2 aromatic rings. The van der Waals surface area contributed by atoms with Crippen LogP contribution >= 0.6 is 0 Å². The van der Waals surface area contributed by atoms with Crippen molar-refractivity contribution < 1.29 is 4.79 Å². The van der Waals surface area contributed by atoms with Gasteiger partial charge < -0.3 is 9.88 Å². The van der Waals surface area contributed by atoms with Crippen molar-refractivity contribution in [2.45, 2.75) is 13.0 Å². The van der Waals surface area contributed by atoms with E-state index in [1.807, 2.05) is 0 Å². The first-order valence-corrected chi connectivity index (χ1v) is 5.66. The summed E-state index contributed by atoms with van der Waals surface area (Å²) in [6.45, 7) is 0.189. The van der Waals surface area contributed by atoms with E-state index in [-0.39, 0.29) is 18.9 Å². The van der Waals surface area contributed by atoms with Crippen LogP contribution < -0.4 is 16.6 Å². The number of hydrogen-bond donors (Lipinski definition) is 2. The summed E-state index contributed by atoms with van der Waals surface area (Å²) in [6, 6.07) is 6.41. The number of nitrogens with zero attached hydrogens (tertiary/aromatic N) is 2. The standard InChI is InChI=1S/C12H12N4O3/c17-10(14-9-3-1-2-6-13-9)4-7-16-8-5-11(18)15-12(16)19/h1-3,5-6,8H,4,7H2,(H,13,14,17)(H,15,18,19). The molecular weight excluding hydrogens is 248 g/mol. The Morgan fingerprint density at radius 3 is 2.84 bits per heavy atom. The molecule has 0 fully saturated rings. The van der Waals surface area contributed by atoms with Crippen LogP contribution in [0, 0.1) is 0 Å². The molecule has 19 heavy (non-hydrogen) atoms. The zero-order valence-corrected chi connectivity index (χ0v) is 10.00. The van der Waals surface area contributed by atoms with Crippen LogP contribution in [0.15, 0.2) is 46.2 Å². The molecule has 98 valence electrons. The molecular formula is C12H12N4O3. The van der Waals surface area contributed by atoms with Crippen molar-refractivity contribution in [3.05, 3.63) is 57.5 Å². The van der Waals surface area contributed by atoms with E-state index in [0.29, 0.717) is 5.82 Å². The highest BCUT2D eigenvalue weighted by Gasteiger charge is 2.04. The molecule has 0 atom stereocenters. The van der Waals surface area contributed by atoms with Crippen molar-refractivity contribution >= 4 is 11.7 Å². The van der Waals surface area contributed by atoms with Crippen molar-refractivity contribution in [2.24, 2.45) is 0 Å². The van der Waals surface area contributed by atoms with Gasteiger partial charge in [0.25, 0.3) is 5.56 Å². The lowest BCUT2D eigenvalue weighted by Gasteiger charge is -2.05. The largest absolute Gasteiger partial charge is 0.328 e. The van der Waals surface area contributed by atoms with Gasteiger partial charge in [-0.3, -0.25) is 14.6 Å². The fourth-order valence-electron chi connectivity index (χ4n) is 1.48. The molecule has 0 aromatic carbocycles. The Hall–Kier alpha value is -2.70. The Kier molecular flexibility index (Phi) is 3.87. The van der Waals surface area contributed by atoms with Crippen molar-refractivity contribution in [3.8, 4) is 0 Å². The van der Waals surface area contributed by atoms with E-state index in [2.05, 4.69) is 15.3 Å². The normalized spacial score (nSPS) is 10.1. The van der Waals surface area contributed by atoms with Crippen LogP contribution in [0.2, 0.25) is 0 Å². The van der Waals surface area contributed by atoms with Gasteiger partial charge in [0.05, 0.1) is 0 Å². The fraction of sp³-hybridized carbons (Fsp3) is 0.167. The highest BCUT2D eigenvalue weighted by Crippen LogP contribution is 2.00. The van der Waals surface area contributed by atoms with Crippen molar-refractivity contribution in [3.63, 3.8) is 0 Å². The summed E-state index contributed by atoms with van der Waals surface area (Å²) in [6.07, 6.45) is 3.04. The second kappa shape index (κ2) is 5.76. The molecule has 0 saturated carbocycles. The molecule has 2 aromatic heterocycles. The number of nitrogens with one attached hydrogen (secondary N) is 2. The molecule has 7 nitrogen and oxygen atoms in total. The van der Waals surface area contributed by atoms with Crippen LogP contribution in [0.25, 0.3) is 0 Å². The molecule has 2 heterocycles. The average Bonchev–Trinajstić information content (AvgIpc) is 2.39. The van der Waals surface area contributed by atoms with E-state index in [9.17, 15) is 14.4 Å². The van der Waals surface area contributed by atoms with E-state index in [4.69, 9.17) is 0 Å². The van der Waals surface area contributed by atoms with Crippen LogP contribution in [-0.4, -0.2) is 20.4 Å². The fourth-order valence-corrected chi connectivity index (χ4v) is 1.48. The quantitative estimate of drug-likeness (QED) is 0.806. The Balaban J connectivity index is 1.94. The minimum absolute atomic E-state index is 0.114. The van der Waals surface area contributed by atoms with Gasteiger partial charge in [-0.05, 0) is 12.1 Å². The van der Waals surface area contributed by atoms with Gasteiger partial charge in [0.2, 0.25) is 5.91 Å². The first-order valence-electron chi connectivity index (χ1n) is 5.66. The molecule has 2 N–H and O–H groups in total. The van der Waals surface area contributed by atoms with Crippen LogP contribution in [0.4, 0.5) is 5.82 Å². The first kappa shape index (κ1) is 12.7. The molecule has 7 heteroatoms. The Morgan fingerprint density at radius 2 is 2.16 bits per heavy atom. The Bertz CT molecular complexity index is 675. The zero-order chi connectivity index (χ0) is 13.7. The number of carbonyl (C=O) groups excluding carboxylic acids is 1. The number of pyridine rings is 1. The maximum absolute atomic E-state index is 11.6. The molecule has 0 radical (unpaired) electrons. The molecule has 0 spiro atoms. The zero-order valence-electron chi connectivity index (χ0n) is 10.00. The summed E-state index contributed by atoms with van der Waals surface area (Å²) in [7, 11) is 0. The summed E-state index contributed by atoms with van der Waals surface area (Å²) in [5.74, 6) is 0.207. The summed E-state index contributed by atoms with van der Waals surface area (Å²) >= 11 is 0. The maximum Gasteiger partial charge on any atom is 0.328 e. The van der Waals surface area contributed by atoms with Crippen LogP contribution in [0.3, 0.4) is 0 Å². The van der Waals surface area contributed by atoms with E-state index in [0.717, 1.165) is 0 Å². The van der Waals surface area contributed by atoms with E-state index < -0.39 is 11.2 Å². The molecule has 0 bridgehead atoms. The summed E-state index contributed by atoms with van der Waals surface area (Å²) in [5.41, 5.74) is -0.989. The van der Waals surface area contributed by atoms with Gasteiger partial charge in [-0.2, -0.15) is 0 Å². The average molecular weight is 260 g/mol. The summed E-state index contributed by atoms with van der Waals surface area (Å²) in [4.78, 5) is 39.9. The SMILES string of the molecule is O=C(CCn1ccc(=O)[nH]c1=O)Nc1ccccn1. The van der Waals surface area contributed by atoms with Crippen molar-refractivity contribution in [1.29, 1.82) is 0 Å². The van der Waals surface area contributed by atoms with Crippen LogP contribution in [0.5, 0.6) is 0 Å². The van der Waals surface area contributed by atoms with E-state index >= 15 is 0 Å². The third-order valence-corrected chi connectivity index (χ3v) is 2.41. The molecule has 0 saturated heterocycles. The summed E-state index contributed by atoms with van der Waals surface area (Å²) < 4.78 is 1.26. The number of aromatic amines is 1. The number of aryl methyl sites for hydroxylation is 1. The van der Waals surface area contributed by atoms with Crippen molar-refractivity contribution in [1.82, 2.24) is 14.5 Å². The highest BCUT2D eigenvalue weighted by atomic mass is 16.2. The van der Waals surface area contributed by atoms with Gasteiger partial charge >= 0.3 is 5.69 Å². The van der Waals surface area contributed by atoms with Crippen LogP contribution in [-0.2, 0) is 11.3 Å². The highest BCUT2D eigenvalue weighted by molar-refractivity contribution is 5.89. The number of H-pyrrole nitrogens is 1. The predicted molar refractivity (Wildman–Crippen MR) is 68.8 cm³/mol. The number of anilines is 1. The lowest BCUT2D eigenvalue weighted by molar-refractivity contribution is -0.116. The lowest BCUT2D eigenvalue weighted by atomic mass is 10.3. The van der Waals surface area contributed by atoms with Crippen LogP contribution in [0.1, 0.15) is 6.42 Å². The minimum atomic E-state index is -0.530. The smallest absolute Gasteiger partial charge is 0.311 e. The molecule has 0 aliphatic carbocycles. The number of carbonyl (C=O) groups is 1.